The predicted molar refractivity (Wildman–Crippen MR) is 109 cm³/mol. The molecule has 2 aromatic heterocycles. The quantitative estimate of drug-likeness (QED) is 0.780. The minimum absolute atomic E-state index is 0.0537. The second-order valence-corrected chi connectivity index (χ2v) is 9.55. The third kappa shape index (κ3) is 4.23. The highest BCUT2D eigenvalue weighted by molar-refractivity contribution is 7.89. The Hall–Kier alpha value is -2.20. The second kappa shape index (κ2) is 8.27. The molecule has 0 aromatic carbocycles. The van der Waals surface area contributed by atoms with Crippen molar-refractivity contribution in [2.45, 2.75) is 51.9 Å². The van der Waals surface area contributed by atoms with E-state index in [1.807, 2.05) is 13.8 Å². The van der Waals surface area contributed by atoms with E-state index in [0.717, 1.165) is 17.0 Å². The lowest BCUT2D eigenvalue weighted by Crippen LogP contribution is -2.37. The molecule has 0 atom stereocenters. The van der Waals surface area contributed by atoms with Crippen LogP contribution in [0.3, 0.4) is 0 Å². The third-order valence-corrected chi connectivity index (χ3v) is 7.87. The number of aromatic amines is 1. The van der Waals surface area contributed by atoms with Gasteiger partial charge in [0, 0.05) is 45.3 Å². The molecule has 0 spiro atoms. The van der Waals surface area contributed by atoms with E-state index in [2.05, 4.69) is 15.3 Å². The molecule has 1 fully saturated rings. The highest BCUT2D eigenvalue weighted by Gasteiger charge is 2.32. The Morgan fingerprint density at radius 2 is 1.79 bits per heavy atom. The summed E-state index contributed by atoms with van der Waals surface area (Å²) in [4.78, 5) is 14.8. The maximum atomic E-state index is 13.2. The van der Waals surface area contributed by atoms with Gasteiger partial charge in [0.15, 0.2) is 0 Å². The predicted octanol–water partition coefficient (Wildman–Crippen LogP) is 1.23. The van der Waals surface area contributed by atoms with Gasteiger partial charge in [-0.15, -0.1) is 0 Å². The molecule has 0 bridgehead atoms. The van der Waals surface area contributed by atoms with Crippen LogP contribution in [-0.4, -0.2) is 69.7 Å². The number of nitrogens with one attached hydrogen (secondary N) is 1. The summed E-state index contributed by atoms with van der Waals surface area (Å²) in [5.41, 5.74) is 4.13. The smallest absolute Gasteiger partial charge is 0.246 e. The average Bonchev–Trinajstić information content (AvgIpc) is 2.99. The molecule has 0 saturated carbocycles. The minimum Gasteiger partial charge on any atom is -0.341 e. The molecule has 10 heteroatoms. The molecule has 1 aliphatic rings. The van der Waals surface area contributed by atoms with Gasteiger partial charge >= 0.3 is 0 Å². The van der Waals surface area contributed by atoms with Crippen LogP contribution in [0.15, 0.2) is 4.90 Å². The van der Waals surface area contributed by atoms with Crippen molar-refractivity contribution in [2.75, 3.05) is 26.2 Å². The Morgan fingerprint density at radius 3 is 2.38 bits per heavy atom. The molecule has 0 unspecified atom stereocenters. The van der Waals surface area contributed by atoms with Crippen molar-refractivity contribution in [1.82, 2.24) is 29.2 Å². The summed E-state index contributed by atoms with van der Waals surface area (Å²) in [7, 11) is -1.89. The lowest BCUT2D eigenvalue weighted by molar-refractivity contribution is -0.131. The molecule has 1 N–H and O–H groups in total. The largest absolute Gasteiger partial charge is 0.341 e. The van der Waals surface area contributed by atoms with Gasteiger partial charge in [-0.1, -0.05) is 0 Å². The number of hydrogen-bond donors (Lipinski definition) is 1. The zero-order valence-corrected chi connectivity index (χ0v) is 18.6. The summed E-state index contributed by atoms with van der Waals surface area (Å²) in [5, 5.41) is 11.4. The Labute approximate surface area is 172 Å². The van der Waals surface area contributed by atoms with Crippen LogP contribution >= 0.6 is 0 Å². The molecule has 160 valence electrons. The first-order chi connectivity index (χ1) is 13.6. The van der Waals surface area contributed by atoms with E-state index >= 15 is 0 Å². The van der Waals surface area contributed by atoms with E-state index in [-0.39, 0.29) is 10.8 Å². The first-order valence-electron chi connectivity index (χ1n) is 9.91. The monoisotopic (exact) mass is 422 g/mol. The first-order valence-corrected chi connectivity index (χ1v) is 11.4. The van der Waals surface area contributed by atoms with E-state index in [1.54, 1.807) is 30.5 Å². The molecular weight excluding hydrogens is 392 g/mol. The Balaban J connectivity index is 1.66. The van der Waals surface area contributed by atoms with Crippen molar-refractivity contribution in [3.8, 4) is 0 Å². The molecule has 1 amide bonds. The van der Waals surface area contributed by atoms with Gasteiger partial charge in [0.05, 0.1) is 17.1 Å². The van der Waals surface area contributed by atoms with Gasteiger partial charge in [-0.2, -0.15) is 14.5 Å². The van der Waals surface area contributed by atoms with Crippen molar-refractivity contribution < 1.29 is 13.2 Å². The van der Waals surface area contributed by atoms with Gasteiger partial charge in [-0.3, -0.25) is 14.6 Å². The van der Waals surface area contributed by atoms with Crippen molar-refractivity contribution in [3.05, 3.63) is 28.3 Å². The van der Waals surface area contributed by atoms with Crippen LogP contribution < -0.4 is 0 Å². The number of hydrogen-bond acceptors (Lipinski definition) is 5. The van der Waals surface area contributed by atoms with Crippen molar-refractivity contribution in [3.63, 3.8) is 0 Å². The summed E-state index contributed by atoms with van der Waals surface area (Å²) >= 11 is 0. The number of carbonyl (C=O) groups is 1. The highest BCUT2D eigenvalue weighted by Crippen LogP contribution is 2.24. The molecule has 1 aliphatic heterocycles. The number of aryl methyl sites for hydroxylation is 4. The maximum Gasteiger partial charge on any atom is 0.246 e. The molecule has 0 aliphatic carbocycles. The minimum atomic E-state index is -3.63. The fourth-order valence-corrected chi connectivity index (χ4v) is 5.84. The standard InChI is InChI=1S/C19H30N6O3S/c1-13-17(14(2)21-20-13)7-8-18(26)24-9-6-10-25(12-11-24)29(27,28)19-15(3)22-23(5)16(19)4/h6-12H2,1-5H3,(H,20,21). The maximum absolute atomic E-state index is 13.2. The average molecular weight is 423 g/mol. The SMILES string of the molecule is Cc1n[nH]c(C)c1CCC(=O)N1CCCN(S(=O)(=O)c2c(C)nn(C)c2C)CC1. The summed E-state index contributed by atoms with van der Waals surface area (Å²) in [6, 6.07) is 0. The van der Waals surface area contributed by atoms with Crippen LogP contribution in [0, 0.1) is 27.7 Å². The number of carbonyl (C=O) groups excluding carboxylic acids is 1. The summed E-state index contributed by atoms with van der Waals surface area (Å²) in [6.45, 7) is 9.04. The van der Waals surface area contributed by atoms with Crippen LogP contribution in [0.2, 0.25) is 0 Å². The lowest BCUT2D eigenvalue weighted by Gasteiger charge is -2.22. The number of amides is 1. The van der Waals surface area contributed by atoms with Gasteiger partial charge in [0.25, 0.3) is 0 Å². The number of rotatable bonds is 5. The van der Waals surface area contributed by atoms with Crippen LogP contribution in [-0.2, 0) is 28.3 Å². The topological polar surface area (TPSA) is 104 Å². The summed E-state index contributed by atoms with van der Waals surface area (Å²) in [6.07, 6.45) is 1.65. The van der Waals surface area contributed by atoms with Crippen molar-refractivity contribution in [2.24, 2.45) is 7.05 Å². The Bertz CT molecular complexity index is 988. The zero-order chi connectivity index (χ0) is 21.3. The van der Waals surface area contributed by atoms with E-state index < -0.39 is 10.0 Å². The van der Waals surface area contributed by atoms with Crippen molar-refractivity contribution >= 4 is 15.9 Å². The van der Waals surface area contributed by atoms with Crippen LogP contribution in [0.1, 0.15) is 41.2 Å². The van der Waals surface area contributed by atoms with E-state index in [4.69, 9.17) is 0 Å². The fraction of sp³-hybridized carbons (Fsp3) is 0.632. The Kier molecular flexibility index (Phi) is 6.13. The molecule has 3 heterocycles. The molecule has 3 rings (SSSR count). The molecule has 2 aromatic rings. The molecule has 0 radical (unpaired) electrons. The van der Waals surface area contributed by atoms with Gasteiger partial charge in [0.2, 0.25) is 15.9 Å². The first kappa shape index (κ1) is 21.5. The molecular formula is C19H30N6O3S. The highest BCUT2D eigenvalue weighted by atomic mass is 32.2. The molecule has 1 saturated heterocycles. The van der Waals surface area contributed by atoms with Gasteiger partial charge in [0.1, 0.15) is 4.90 Å². The third-order valence-electron chi connectivity index (χ3n) is 5.72. The normalized spacial score (nSPS) is 16.2. The summed E-state index contributed by atoms with van der Waals surface area (Å²) in [5.74, 6) is 0.0537. The fourth-order valence-electron chi connectivity index (χ4n) is 3.97. The van der Waals surface area contributed by atoms with Gasteiger partial charge < -0.3 is 4.90 Å². The number of nitrogens with zero attached hydrogens (tertiary/aromatic N) is 5. The van der Waals surface area contributed by atoms with Crippen LogP contribution in [0.25, 0.3) is 0 Å². The zero-order valence-electron chi connectivity index (χ0n) is 17.8. The number of aromatic nitrogens is 4. The Morgan fingerprint density at radius 1 is 1.07 bits per heavy atom. The second-order valence-electron chi connectivity index (χ2n) is 7.67. The van der Waals surface area contributed by atoms with Crippen LogP contribution in [0.4, 0.5) is 0 Å². The van der Waals surface area contributed by atoms with E-state index in [1.165, 1.54) is 4.31 Å². The number of sulfonamides is 1. The van der Waals surface area contributed by atoms with Gasteiger partial charge in [-0.05, 0) is 46.1 Å². The van der Waals surface area contributed by atoms with E-state index in [9.17, 15) is 13.2 Å². The lowest BCUT2D eigenvalue weighted by atomic mass is 10.1. The number of H-pyrrole nitrogens is 1. The van der Waals surface area contributed by atoms with Gasteiger partial charge in [-0.25, -0.2) is 8.42 Å². The molecule has 9 nitrogen and oxygen atoms in total. The molecule has 29 heavy (non-hydrogen) atoms. The van der Waals surface area contributed by atoms with Crippen LogP contribution in [0.5, 0.6) is 0 Å². The van der Waals surface area contributed by atoms with Crippen molar-refractivity contribution in [1.29, 1.82) is 0 Å². The summed E-state index contributed by atoms with van der Waals surface area (Å²) < 4.78 is 29.5. The van der Waals surface area contributed by atoms with E-state index in [0.29, 0.717) is 56.8 Å².